The fourth-order valence-electron chi connectivity index (χ4n) is 1.85. The zero-order valence-corrected chi connectivity index (χ0v) is 10.2. The van der Waals surface area contributed by atoms with Crippen LogP contribution in [0, 0.1) is 5.41 Å². The van der Waals surface area contributed by atoms with Crippen LogP contribution in [0.1, 0.15) is 32.6 Å². The van der Waals surface area contributed by atoms with Crippen LogP contribution in [-0.2, 0) is 4.79 Å². The second kappa shape index (κ2) is 5.70. The normalized spacial score (nSPS) is 18.6. The highest BCUT2D eigenvalue weighted by molar-refractivity contribution is 5.82. The molecule has 0 radical (unpaired) electrons. The third-order valence-electron chi connectivity index (χ3n) is 3.24. The number of amides is 2. The average Bonchev–Trinajstić information content (AvgIpc) is 2.23. The highest BCUT2D eigenvalue weighted by Crippen LogP contribution is 2.39. The number of carboxylic acid groups (broad SMARTS) is 1. The van der Waals surface area contributed by atoms with Crippen LogP contribution < -0.4 is 10.6 Å². The van der Waals surface area contributed by atoms with Gasteiger partial charge in [-0.1, -0.05) is 19.4 Å². The molecule has 0 aromatic heterocycles. The Balaban J connectivity index is 2.31. The summed E-state index contributed by atoms with van der Waals surface area (Å²) in [6.45, 7) is 6.18. The molecular formula is C12H20N2O3. The molecule has 1 saturated carbocycles. The SMILES string of the molecule is C=CCC(NC(=O)NCC1(C)CCC1)C(=O)O. The minimum Gasteiger partial charge on any atom is -0.480 e. The Morgan fingerprint density at radius 2 is 2.18 bits per heavy atom. The lowest BCUT2D eigenvalue weighted by atomic mass is 9.70. The van der Waals surface area contributed by atoms with Crippen molar-refractivity contribution in [2.75, 3.05) is 6.54 Å². The van der Waals surface area contributed by atoms with Crippen molar-refractivity contribution < 1.29 is 14.7 Å². The Bertz CT molecular complexity index is 311. The van der Waals surface area contributed by atoms with Crippen molar-refractivity contribution in [2.45, 2.75) is 38.6 Å². The van der Waals surface area contributed by atoms with E-state index in [4.69, 9.17) is 5.11 Å². The smallest absolute Gasteiger partial charge is 0.326 e. The first kappa shape index (κ1) is 13.5. The minimum absolute atomic E-state index is 0.189. The number of rotatable bonds is 6. The maximum absolute atomic E-state index is 11.5. The van der Waals surface area contributed by atoms with Crippen LogP contribution in [0.25, 0.3) is 0 Å². The minimum atomic E-state index is -1.05. The van der Waals surface area contributed by atoms with E-state index in [1.807, 2.05) is 0 Å². The molecule has 0 aromatic rings. The van der Waals surface area contributed by atoms with Crippen molar-refractivity contribution >= 4 is 12.0 Å². The van der Waals surface area contributed by atoms with Gasteiger partial charge in [-0.15, -0.1) is 6.58 Å². The summed E-state index contributed by atoms with van der Waals surface area (Å²) in [5, 5.41) is 14.0. The summed E-state index contributed by atoms with van der Waals surface area (Å²) in [6.07, 6.45) is 5.13. The molecule has 0 spiro atoms. The van der Waals surface area contributed by atoms with E-state index in [-0.39, 0.29) is 11.8 Å². The molecule has 0 aliphatic heterocycles. The van der Waals surface area contributed by atoms with Crippen LogP contribution >= 0.6 is 0 Å². The number of hydrogen-bond acceptors (Lipinski definition) is 2. The van der Waals surface area contributed by atoms with E-state index in [1.165, 1.54) is 12.5 Å². The van der Waals surface area contributed by atoms with Gasteiger partial charge in [-0.2, -0.15) is 0 Å². The van der Waals surface area contributed by atoms with Gasteiger partial charge in [0.2, 0.25) is 0 Å². The molecule has 1 atom stereocenters. The van der Waals surface area contributed by atoms with E-state index in [9.17, 15) is 9.59 Å². The third-order valence-corrected chi connectivity index (χ3v) is 3.24. The molecule has 1 unspecified atom stereocenters. The molecule has 1 aliphatic carbocycles. The molecule has 3 N–H and O–H groups in total. The Morgan fingerprint density at radius 3 is 2.59 bits per heavy atom. The predicted octanol–water partition coefficient (Wildman–Crippen LogP) is 1.51. The Hall–Kier alpha value is -1.52. The van der Waals surface area contributed by atoms with Crippen molar-refractivity contribution in [3.63, 3.8) is 0 Å². The topological polar surface area (TPSA) is 78.4 Å². The van der Waals surface area contributed by atoms with Crippen LogP contribution in [0.2, 0.25) is 0 Å². The number of carbonyl (C=O) groups excluding carboxylic acids is 1. The molecule has 2 amide bonds. The van der Waals surface area contributed by atoms with E-state index in [0.717, 1.165) is 12.8 Å². The number of carboxylic acids is 1. The number of hydrogen-bond donors (Lipinski definition) is 3. The van der Waals surface area contributed by atoms with Gasteiger partial charge in [0, 0.05) is 6.54 Å². The highest BCUT2D eigenvalue weighted by atomic mass is 16.4. The average molecular weight is 240 g/mol. The summed E-state index contributed by atoms with van der Waals surface area (Å²) in [5.41, 5.74) is 0.189. The van der Waals surface area contributed by atoms with Crippen molar-refractivity contribution in [3.8, 4) is 0 Å². The van der Waals surface area contributed by atoms with Crippen molar-refractivity contribution in [1.29, 1.82) is 0 Å². The van der Waals surface area contributed by atoms with Gasteiger partial charge in [0.15, 0.2) is 0 Å². The van der Waals surface area contributed by atoms with E-state index in [1.54, 1.807) is 0 Å². The van der Waals surface area contributed by atoms with Crippen molar-refractivity contribution in [1.82, 2.24) is 10.6 Å². The standard InChI is InChI=1S/C12H20N2O3/c1-3-5-9(10(15)16)14-11(17)13-8-12(2)6-4-7-12/h3,9H,1,4-8H2,2H3,(H,15,16)(H2,13,14,17). The molecule has 17 heavy (non-hydrogen) atoms. The van der Waals surface area contributed by atoms with Crippen LogP contribution in [0.3, 0.4) is 0 Å². The fourth-order valence-corrected chi connectivity index (χ4v) is 1.85. The largest absolute Gasteiger partial charge is 0.480 e. The predicted molar refractivity (Wildman–Crippen MR) is 64.7 cm³/mol. The van der Waals surface area contributed by atoms with Crippen LogP contribution in [0.5, 0.6) is 0 Å². The zero-order chi connectivity index (χ0) is 12.9. The lowest BCUT2D eigenvalue weighted by Gasteiger charge is -2.38. The van der Waals surface area contributed by atoms with Crippen LogP contribution in [0.4, 0.5) is 4.79 Å². The first-order chi connectivity index (χ1) is 7.97. The van der Waals surface area contributed by atoms with Gasteiger partial charge in [0.1, 0.15) is 6.04 Å². The Kier molecular flexibility index (Phi) is 4.54. The Labute approximate surface area is 101 Å². The lowest BCUT2D eigenvalue weighted by Crippen LogP contribution is -2.49. The second-order valence-electron chi connectivity index (χ2n) is 4.91. The molecule has 1 fully saturated rings. The Morgan fingerprint density at radius 1 is 1.53 bits per heavy atom. The molecule has 1 aliphatic rings. The van der Waals surface area contributed by atoms with Crippen molar-refractivity contribution in [2.24, 2.45) is 5.41 Å². The summed E-state index contributed by atoms with van der Waals surface area (Å²) >= 11 is 0. The van der Waals surface area contributed by atoms with E-state index in [2.05, 4.69) is 24.1 Å². The molecule has 0 aromatic carbocycles. The van der Waals surface area contributed by atoms with Gasteiger partial charge >= 0.3 is 12.0 Å². The van der Waals surface area contributed by atoms with Gasteiger partial charge in [0.05, 0.1) is 0 Å². The summed E-state index contributed by atoms with van der Waals surface area (Å²) in [6, 6.07) is -1.32. The quantitative estimate of drug-likeness (QED) is 0.616. The molecule has 5 heteroatoms. The number of nitrogens with one attached hydrogen (secondary N) is 2. The van der Waals surface area contributed by atoms with Crippen molar-refractivity contribution in [3.05, 3.63) is 12.7 Å². The summed E-state index contributed by atoms with van der Waals surface area (Å²) in [5.74, 6) is -1.05. The molecule has 0 saturated heterocycles. The van der Waals surface area contributed by atoms with E-state index in [0.29, 0.717) is 6.54 Å². The first-order valence-electron chi connectivity index (χ1n) is 5.85. The third kappa shape index (κ3) is 4.09. The van der Waals surface area contributed by atoms with Gasteiger partial charge in [-0.3, -0.25) is 0 Å². The molecule has 96 valence electrons. The van der Waals surface area contributed by atoms with Gasteiger partial charge in [-0.05, 0) is 24.7 Å². The molecule has 1 rings (SSSR count). The molecule has 0 heterocycles. The molecule has 0 bridgehead atoms. The van der Waals surface area contributed by atoms with E-state index >= 15 is 0 Å². The number of urea groups is 1. The summed E-state index contributed by atoms with van der Waals surface area (Å²) in [7, 11) is 0. The zero-order valence-electron chi connectivity index (χ0n) is 10.2. The van der Waals surface area contributed by atoms with Gasteiger partial charge < -0.3 is 15.7 Å². The maximum atomic E-state index is 11.5. The monoisotopic (exact) mass is 240 g/mol. The lowest BCUT2D eigenvalue weighted by molar-refractivity contribution is -0.139. The first-order valence-corrected chi connectivity index (χ1v) is 5.85. The summed E-state index contributed by atoms with van der Waals surface area (Å²) in [4.78, 5) is 22.3. The fraction of sp³-hybridized carbons (Fsp3) is 0.667. The molecule has 5 nitrogen and oxygen atoms in total. The highest BCUT2D eigenvalue weighted by Gasteiger charge is 2.32. The van der Waals surface area contributed by atoms with Gasteiger partial charge in [-0.25, -0.2) is 9.59 Å². The number of carbonyl (C=O) groups is 2. The van der Waals surface area contributed by atoms with Gasteiger partial charge in [0.25, 0.3) is 0 Å². The summed E-state index contributed by atoms with van der Waals surface area (Å²) < 4.78 is 0. The second-order valence-corrected chi connectivity index (χ2v) is 4.91. The molecular weight excluding hydrogens is 220 g/mol. The maximum Gasteiger partial charge on any atom is 0.326 e. The van der Waals surface area contributed by atoms with E-state index < -0.39 is 18.0 Å². The van der Waals surface area contributed by atoms with Crippen LogP contribution in [-0.4, -0.2) is 29.7 Å². The number of aliphatic carboxylic acids is 1. The van der Waals surface area contributed by atoms with Crippen LogP contribution in [0.15, 0.2) is 12.7 Å².